The predicted molar refractivity (Wildman–Crippen MR) is 68.0 cm³/mol. The minimum Gasteiger partial charge on any atom is -0.484 e. The number of rotatable bonds is 6. The average Bonchev–Trinajstić information content (AvgIpc) is 2.27. The van der Waals surface area contributed by atoms with E-state index >= 15 is 0 Å². The molecule has 0 saturated heterocycles. The Balaban J connectivity index is 2.90. The molecule has 1 rings (SSSR count). The molecule has 0 spiro atoms. The van der Waals surface area contributed by atoms with Crippen molar-refractivity contribution in [3.05, 3.63) is 34.1 Å². The summed E-state index contributed by atoms with van der Waals surface area (Å²) in [5, 5.41) is 19.7. The Morgan fingerprint density at radius 2 is 2.25 bits per heavy atom. The molecule has 0 saturated carbocycles. The van der Waals surface area contributed by atoms with Crippen LogP contribution >= 0.6 is 0 Å². The van der Waals surface area contributed by atoms with Crippen molar-refractivity contribution in [3.8, 4) is 5.75 Å². The second-order valence-electron chi connectivity index (χ2n) is 4.72. The lowest BCUT2D eigenvalue weighted by molar-refractivity contribution is -0.386. The van der Waals surface area contributed by atoms with Crippen LogP contribution in [0.25, 0.3) is 0 Å². The van der Waals surface area contributed by atoms with Crippen molar-refractivity contribution in [2.75, 3.05) is 0 Å². The highest BCUT2D eigenvalue weighted by molar-refractivity contribution is 5.77. The molecule has 2 unspecified atom stereocenters. The van der Waals surface area contributed by atoms with Gasteiger partial charge in [-0.25, -0.2) is 4.39 Å². The molecular formula is C12H15FN2O5. The van der Waals surface area contributed by atoms with Gasteiger partial charge in [-0.15, -0.1) is 0 Å². The number of hydrogen-bond donors (Lipinski definition) is 2. The van der Waals surface area contributed by atoms with Gasteiger partial charge in [-0.1, -0.05) is 0 Å². The minimum absolute atomic E-state index is 0.0873. The summed E-state index contributed by atoms with van der Waals surface area (Å²) in [4.78, 5) is 21.0. The molecule has 3 N–H and O–H groups in total. The SMILES string of the molecule is CC(CC(C)(N)C(=O)O)Oc1cc(F)ccc1[N+](=O)[O-]. The van der Waals surface area contributed by atoms with Crippen molar-refractivity contribution in [3.63, 3.8) is 0 Å². The van der Waals surface area contributed by atoms with Crippen LogP contribution in [0.3, 0.4) is 0 Å². The minimum atomic E-state index is -1.54. The summed E-state index contributed by atoms with van der Waals surface area (Å²) in [6.45, 7) is 2.80. The highest BCUT2D eigenvalue weighted by Gasteiger charge is 2.31. The lowest BCUT2D eigenvalue weighted by Gasteiger charge is -2.24. The zero-order valence-electron chi connectivity index (χ0n) is 11.0. The van der Waals surface area contributed by atoms with Gasteiger partial charge in [0.05, 0.1) is 11.0 Å². The molecule has 0 aliphatic carbocycles. The lowest BCUT2D eigenvalue weighted by Crippen LogP contribution is -2.47. The van der Waals surface area contributed by atoms with Crippen molar-refractivity contribution in [1.29, 1.82) is 0 Å². The molecule has 0 aliphatic rings. The molecule has 0 aromatic heterocycles. The van der Waals surface area contributed by atoms with E-state index in [9.17, 15) is 19.3 Å². The molecule has 8 heteroatoms. The number of carboxylic acids is 1. The molecule has 0 bridgehead atoms. The number of hydrogen-bond acceptors (Lipinski definition) is 5. The van der Waals surface area contributed by atoms with Gasteiger partial charge in [0.15, 0.2) is 5.75 Å². The van der Waals surface area contributed by atoms with Crippen LogP contribution in [-0.2, 0) is 4.79 Å². The first kappa shape index (κ1) is 15.8. The molecule has 7 nitrogen and oxygen atoms in total. The van der Waals surface area contributed by atoms with E-state index in [1.165, 1.54) is 13.8 Å². The van der Waals surface area contributed by atoms with Crippen LogP contribution in [0.15, 0.2) is 18.2 Å². The Hall–Kier alpha value is -2.22. The summed E-state index contributed by atoms with van der Waals surface area (Å²) < 4.78 is 18.4. The highest BCUT2D eigenvalue weighted by Crippen LogP contribution is 2.29. The van der Waals surface area contributed by atoms with Crippen LogP contribution in [-0.4, -0.2) is 27.6 Å². The zero-order chi connectivity index (χ0) is 15.5. The van der Waals surface area contributed by atoms with Crippen LogP contribution < -0.4 is 10.5 Å². The van der Waals surface area contributed by atoms with Crippen LogP contribution in [0, 0.1) is 15.9 Å². The van der Waals surface area contributed by atoms with Crippen molar-refractivity contribution in [2.45, 2.75) is 31.9 Å². The molecular weight excluding hydrogens is 271 g/mol. The molecule has 0 heterocycles. The van der Waals surface area contributed by atoms with E-state index in [1.807, 2.05) is 0 Å². The van der Waals surface area contributed by atoms with E-state index in [-0.39, 0.29) is 12.2 Å². The van der Waals surface area contributed by atoms with Crippen molar-refractivity contribution in [1.82, 2.24) is 0 Å². The largest absolute Gasteiger partial charge is 0.484 e. The standard InChI is InChI=1S/C12H15FN2O5/c1-7(6-12(2,14)11(16)17)20-10-5-8(13)3-4-9(10)15(18)19/h3-5,7H,6,14H2,1-2H3,(H,16,17). The second-order valence-corrected chi connectivity index (χ2v) is 4.72. The quantitative estimate of drug-likeness (QED) is 0.607. The van der Waals surface area contributed by atoms with Gasteiger partial charge in [0.1, 0.15) is 11.4 Å². The predicted octanol–water partition coefficient (Wildman–Crippen LogP) is 1.69. The number of nitro groups is 1. The number of halogens is 1. The number of nitro benzene ring substituents is 1. The summed E-state index contributed by atoms with van der Waals surface area (Å²) in [6, 6.07) is 2.81. The Morgan fingerprint density at radius 1 is 1.65 bits per heavy atom. The first-order chi connectivity index (χ1) is 9.13. The molecule has 2 atom stereocenters. The highest BCUT2D eigenvalue weighted by atomic mass is 19.1. The smallest absolute Gasteiger partial charge is 0.323 e. The van der Waals surface area contributed by atoms with Gasteiger partial charge in [-0.05, 0) is 19.9 Å². The third-order valence-electron chi connectivity index (χ3n) is 2.65. The topological polar surface area (TPSA) is 116 Å². The van der Waals surface area contributed by atoms with Crippen LogP contribution in [0.1, 0.15) is 20.3 Å². The number of ether oxygens (including phenoxy) is 1. The fourth-order valence-corrected chi connectivity index (χ4v) is 1.68. The summed E-state index contributed by atoms with van der Waals surface area (Å²) in [5.41, 5.74) is 3.62. The first-order valence-electron chi connectivity index (χ1n) is 5.76. The molecule has 0 fully saturated rings. The molecule has 110 valence electrons. The normalized spacial score (nSPS) is 15.2. The number of nitrogens with two attached hydrogens (primary N) is 1. The molecule has 0 amide bonds. The van der Waals surface area contributed by atoms with E-state index in [1.54, 1.807) is 0 Å². The number of nitrogens with zero attached hydrogens (tertiary/aromatic N) is 1. The van der Waals surface area contributed by atoms with E-state index in [0.717, 1.165) is 18.2 Å². The lowest BCUT2D eigenvalue weighted by atomic mass is 9.96. The Morgan fingerprint density at radius 3 is 2.75 bits per heavy atom. The third kappa shape index (κ3) is 3.89. The fraction of sp³-hybridized carbons (Fsp3) is 0.417. The maximum atomic E-state index is 13.1. The molecule has 1 aromatic carbocycles. The fourth-order valence-electron chi connectivity index (χ4n) is 1.68. The van der Waals surface area contributed by atoms with E-state index < -0.39 is 34.0 Å². The zero-order valence-corrected chi connectivity index (χ0v) is 11.0. The summed E-state index contributed by atoms with van der Waals surface area (Å²) in [7, 11) is 0. The van der Waals surface area contributed by atoms with Gasteiger partial charge in [0, 0.05) is 18.6 Å². The van der Waals surface area contributed by atoms with Gasteiger partial charge in [0.2, 0.25) is 0 Å². The second kappa shape index (κ2) is 5.83. The Bertz CT molecular complexity index is 533. The maximum Gasteiger partial charge on any atom is 0.323 e. The summed E-state index contributed by atoms with van der Waals surface area (Å²) in [6.07, 6.45) is -0.822. The van der Waals surface area contributed by atoms with E-state index in [0.29, 0.717) is 0 Å². The van der Waals surface area contributed by atoms with Crippen molar-refractivity contribution >= 4 is 11.7 Å². The van der Waals surface area contributed by atoms with Gasteiger partial charge in [0.25, 0.3) is 0 Å². The number of carbonyl (C=O) groups is 1. The third-order valence-corrected chi connectivity index (χ3v) is 2.65. The van der Waals surface area contributed by atoms with Gasteiger partial charge >= 0.3 is 11.7 Å². The van der Waals surface area contributed by atoms with Crippen LogP contribution in [0.2, 0.25) is 0 Å². The van der Waals surface area contributed by atoms with Gasteiger partial charge < -0.3 is 15.6 Å². The van der Waals surface area contributed by atoms with Crippen LogP contribution in [0.5, 0.6) is 5.75 Å². The molecule has 1 aromatic rings. The van der Waals surface area contributed by atoms with E-state index in [2.05, 4.69) is 0 Å². The Labute approximate surface area is 114 Å². The molecule has 20 heavy (non-hydrogen) atoms. The van der Waals surface area contributed by atoms with Gasteiger partial charge in [-0.3, -0.25) is 14.9 Å². The average molecular weight is 286 g/mol. The van der Waals surface area contributed by atoms with E-state index in [4.69, 9.17) is 15.6 Å². The van der Waals surface area contributed by atoms with Crippen molar-refractivity contribution in [2.24, 2.45) is 5.73 Å². The first-order valence-corrected chi connectivity index (χ1v) is 5.76. The summed E-state index contributed by atoms with van der Waals surface area (Å²) in [5.74, 6) is -2.17. The summed E-state index contributed by atoms with van der Waals surface area (Å²) >= 11 is 0. The maximum absolute atomic E-state index is 13.1. The molecule has 0 aliphatic heterocycles. The van der Waals surface area contributed by atoms with Gasteiger partial charge in [-0.2, -0.15) is 0 Å². The number of aliphatic carboxylic acids is 1. The number of carboxylic acid groups (broad SMARTS) is 1. The molecule has 0 radical (unpaired) electrons. The monoisotopic (exact) mass is 286 g/mol. The van der Waals surface area contributed by atoms with Crippen molar-refractivity contribution < 1.29 is 24.0 Å². The Kier molecular flexibility index (Phi) is 4.61. The van der Waals surface area contributed by atoms with Crippen LogP contribution in [0.4, 0.5) is 10.1 Å². The number of benzene rings is 1.